The number of halogens is 3. The molecule has 6 nitrogen and oxygen atoms in total. The quantitative estimate of drug-likeness (QED) is 0.128. The number of benzene rings is 4. The molecular weight excluding hydrogens is 890 g/mol. The number of hydrogen-bond donors (Lipinski definition) is 0. The number of aromatic nitrogens is 4. The fraction of sp³-hybridized carbons (Fsp3) is 0.190. The van der Waals surface area contributed by atoms with E-state index in [2.05, 4.69) is 194 Å². The predicted molar refractivity (Wildman–Crippen MR) is 232 cm³/mol. The molecule has 0 aliphatic carbocycles. The molecule has 0 bridgehead atoms. The highest BCUT2D eigenvalue weighted by Crippen LogP contribution is 2.37. The van der Waals surface area contributed by atoms with Gasteiger partial charge in [0.1, 0.15) is 0 Å². The summed E-state index contributed by atoms with van der Waals surface area (Å²) in [6.45, 7) is 8.31. The van der Waals surface area contributed by atoms with Gasteiger partial charge in [0.05, 0.1) is 22.2 Å². The lowest BCUT2D eigenvalue weighted by atomic mass is 9.79. The van der Waals surface area contributed by atoms with Crippen molar-refractivity contribution < 1.29 is 9.31 Å². The molecule has 4 aromatic carbocycles. The predicted octanol–water partition coefficient (Wildman–Crippen LogP) is 11.2. The summed E-state index contributed by atoms with van der Waals surface area (Å²) in [5.41, 5.74) is 7.66. The lowest BCUT2D eigenvalue weighted by Gasteiger charge is -2.32. The normalized spacial score (nSPS) is 14.8. The van der Waals surface area contributed by atoms with Crippen LogP contribution in [0.25, 0.3) is 54.7 Å². The zero-order valence-electron chi connectivity index (χ0n) is 29.9. The van der Waals surface area contributed by atoms with E-state index in [4.69, 9.17) is 9.31 Å². The molecule has 9 rings (SSSR count). The van der Waals surface area contributed by atoms with Crippen molar-refractivity contribution in [2.75, 3.05) is 0 Å². The molecule has 8 aromatic rings. The number of fused-ring (bicyclic) bond motifs is 6. The minimum Gasteiger partial charge on any atom is -0.399 e. The van der Waals surface area contributed by atoms with Gasteiger partial charge < -0.3 is 18.4 Å². The highest BCUT2D eigenvalue weighted by molar-refractivity contribution is 14.1. The topological polar surface area (TPSA) is 54.1 Å². The first-order valence-corrected chi connectivity index (χ1v) is 19.7. The van der Waals surface area contributed by atoms with Gasteiger partial charge in [-0.05, 0) is 128 Å². The van der Waals surface area contributed by atoms with Crippen molar-refractivity contribution in [3.05, 3.63) is 134 Å². The number of hydrogen-bond acceptors (Lipinski definition) is 4. The molecule has 0 N–H and O–H groups in total. The zero-order chi connectivity index (χ0) is 36.8. The van der Waals surface area contributed by atoms with Crippen molar-refractivity contribution in [3.8, 4) is 11.1 Å². The van der Waals surface area contributed by atoms with Gasteiger partial charge in [-0.25, -0.2) is 0 Å². The van der Waals surface area contributed by atoms with Crippen LogP contribution in [0, 0.1) is 3.57 Å². The maximum absolute atomic E-state index is 6.17. The van der Waals surface area contributed by atoms with Gasteiger partial charge in [-0.15, -0.1) is 0 Å². The number of pyridine rings is 2. The van der Waals surface area contributed by atoms with Crippen molar-refractivity contribution in [2.45, 2.75) is 38.9 Å². The Bertz CT molecular complexity index is 2510. The monoisotopic (exact) mass is 926 g/mol. The van der Waals surface area contributed by atoms with Crippen molar-refractivity contribution in [2.24, 2.45) is 14.1 Å². The molecule has 1 saturated heterocycles. The average molecular weight is 928 g/mol. The second kappa shape index (κ2) is 14.7. The van der Waals surface area contributed by atoms with E-state index >= 15 is 0 Å². The molecule has 0 amide bonds. The molecule has 1 fully saturated rings. The van der Waals surface area contributed by atoms with Crippen LogP contribution < -0.4 is 5.46 Å². The lowest BCUT2D eigenvalue weighted by molar-refractivity contribution is 0.00578. The highest BCUT2D eigenvalue weighted by Gasteiger charge is 2.51. The third-order valence-corrected chi connectivity index (χ3v) is 11.9. The minimum absolute atomic E-state index is 0.324. The largest absolute Gasteiger partial charge is 0.494 e. The molecule has 0 spiro atoms. The van der Waals surface area contributed by atoms with Crippen LogP contribution in [-0.4, -0.2) is 37.4 Å². The van der Waals surface area contributed by atoms with Crippen molar-refractivity contribution in [1.82, 2.24) is 19.1 Å². The number of rotatable bonds is 2. The minimum atomic E-state index is -0.333. The van der Waals surface area contributed by atoms with E-state index in [1.165, 1.54) is 58.3 Å². The van der Waals surface area contributed by atoms with Crippen molar-refractivity contribution in [1.29, 1.82) is 0 Å². The van der Waals surface area contributed by atoms with Crippen LogP contribution in [-0.2, 0) is 23.4 Å². The summed E-state index contributed by atoms with van der Waals surface area (Å²) in [6.07, 6.45) is 7.54. The summed E-state index contributed by atoms with van der Waals surface area (Å²) in [6, 6.07) is 33.7. The Labute approximate surface area is 335 Å². The summed E-state index contributed by atoms with van der Waals surface area (Å²) in [5, 5.41) is 4.83. The Morgan fingerprint density at radius 3 is 1.54 bits per heavy atom. The zero-order valence-corrected chi connectivity index (χ0v) is 35.2. The van der Waals surface area contributed by atoms with Crippen LogP contribution in [0.2, 0.25) is 0 Å². The second-order valence-corrected chi connectivity index (χ2v) is 17.0. The Kier molecular flexibility index (Phi) is 10.4. The van der Waals surface area contributed by atoms with E-state index in [9.17, 15) is 0 Å². The SMILES string of the molecule is Brc1ccc(I)cc1.Cn1c2ccncc2c2ccc(-c3ccc(Br)cc3)cc21.Cn1c2ccncc2c2ccc(B3OC(C)(C)C(C)(C)O3)cc21. The van der Waals surface area contributed by atoms with Gasteiger partial charge in [-0.3, -0.25) is 9.97 Å². The van der Waals surface area contributed by atoms with Crippen LogP contribution in [0.15, 0.2) is 131 Å². The number of aryl methyl sites for hydroxylation is 2. The summed E-state index contributed by atoms with van der Waals surface area (Å²) >= 11 is 9.10. The maximum Gasteiger partial charge on any atom is 0.494 e. The van der Waals surface area contributed by atoms with Crippen LogP contribution in [0.1, 0.15) is 27.7 Å². The van der Waals surface area contributed by atoms with Crippen LogP contribution in [0.5, 0.6) is 0 Å². The molecule has 52 heavy (non-hydrogen) atoms. The van der Waals surface area contributed by atoms with E-state index < -0.39 is 0 Å². The summed E-state index contributed by atoms with van der Waals surface area (Å²) in [7, 11) is 3.86. The molecule has 0 radical (unpaired) electrons. The molecule has 262 valence electrons. The molecule has 4 aromatic heterocycles. The van der Waals surface area contributed by atoms with Gasteiger partial charge in [0.2, 0.25) is 0 Å². The van der Waals surface area contributed by atoms with Gasteiger partial charge in [0.15, 0.2) is 0 Å². The first-order chi connectivity index (χ1) is 24.8. The Hall–Kier alpha value is -3.55. The maximum atomic E-state index is 6.17. The molecular formula is C42H38BBr2IN4O2. The van der Waals surface area contributed by atoms with Gasteiger partial charge in [0, 0.05) is 84.0 Å². The smallest absolute Gasteiger partial charge is 0.399 e. The molecule has 0 unspecified atom stereocenters. The van der Waals surface area contributed by atoms with Gasteiger partial charge in [-0.2, -0.15) is 0 Å². The fourth-order valence-corrected chi connectivity index (χ4v) is 7.39. The van der Waals surface area contributed by atoms with Crippen molar-refractivity contribution in [3.63, 3.8) is 0 Å². The third-order valence-electron chi connectivity index (χ3n) is 10.1. The van der Waals surface area contributed by atoms with Gasteiger partial charge >= 0.3 is 7.12 Å². The fourth-order valence-electron chi connectivity index (χ4n) is 6.50. The third kappa shape index (κ3) is 7.20. The Morgan fingerprint density at radius 2 is 1.02 bits per heavy atom. The van der Waals surface area contributed by atoms with Crippen LogP contribution in [0.3, 0.4) is 0 Å². The lowest BCUT2D eigenvalue weighted by Crippen LogP contribution is -2.41. The summed E-state index contributed by atoms with van der Waals surface area (Å²) < 4.78 is 20.3. The highest BCUT2D eigenvalue weighted by atomic mass is 127. The molecule has 0 saturated carbocycles. The average Bonchev–Trinajstić information content (AvgIpc) is 3.68. The van der Waals surface area contributed by atoms with E-state index in [0.29, 0.717) is 0 Å². The van der Waals surface area contributed by atoms with Crippen LogP contribution >= 0.6 is 54.5 Å². The van der Waals surface area contributed by atoms with Gasteiger partial charge in [-0.1, -0.05) is 68.3 Å². The van der Waals surface area contributed by atoms with E-state index in [-0.39, 0.29) is 18.3 Å². The Morgan fingerprint density at radius 1 is 0.558 bits per heavy atom. The van der Waals surface area contributed by atoms with Crippen LogP contribution in [0.4, 0.5) is 0 Å². The molecule has 1 aliphatic heterocycles. The van der Waals surface area contributed by atoms with E-state index in [1.54, 1.807) is 0 Å². The summed E-state index contributed by atoms with van der Waals surface area (Å²) in [4.78, 5) is 8.50. The standard InChI is InChI=1S/C18H21BN2O2.C18H13BrN2.C6H4BrI/c1-17(2)18(3,4)23-19(22-17)12-6-7-13-14-11-20-9-8-15(14)21(5)16(13)10-12;1-21-17-8-9-20-11-16(17)15-7-4-13(10-18(15)21)12-2-5-14(19)6-3-12;7-5-1-3-6(8)4-2-5/h6-11H,1-5H3;2-11H,1H3;1-4H. The molecule has 10 heteroatoms. The number of nitrogens with zero attached hydrogens (tertiary/aromatic N) is 4. The second-order valence-electron chi connectivity index (χ2n) is 13.9. The van der Waals surface area contributed by atoms with Gasteiger partial charge in [0.25, 0.3) is 0 Å². The molecule has 0 atom stereocenters. The molecule has 5 heterocycles. The van der Waals surface area contributed by atoms with E-state index in [0.717, 1.165) is 14.4 Å². The summed E-state index contributed by atoms with van der Waals surface area (Å²) in [5.74, 6) is 0. The van der Waals surface area contributed by atoms with E-state index in [1.807, 2.05) is 43.0 Å². The molecule has 1 aliphatic rings. The first-order valence-electron chi connectivity index (χ1n) is 17.0. The Balaban J connectivity index is 0.000000134. The first kappa shape index (κ1) is 36.8. The van der Waals surface area contributed by atoms with Crippen molar-refractivity contribution >= 4 is 111 Å².